The highest BCUT2D eigenvalue weighted by Gasteiger charge is 2.31. The van der Waals surface area contributed by atoms with Crippen molar-refractivity contribution in [1.82, 2.24) is 15.1 Å². The van der Waals surface area contributed by atoms with Crippen LogP contribution >= 0.6 is 0 Å². The summed E-state index contributed by atoms with van der Waals surface area (Å²) in [4.78, 5) is 17.1. The van der Waals surface area contributed by atoms with Crippen LogP contribution in [0.15, 0.2) is 30.3 Å². The van der Waals surface area contributed by atoms with E-state index in [1.165, 1.54) is 5.56 Å². The Labute approximate surface area is 169 Å². The van der Waals surface area contributed by atoms with E-state index in [9.17, 15) is 13.2 Å². The largest absolute Gasteiger partial charge is 0.355 e. The molecule has 0 aromatic heterocycles. The molecular weight excluding hydrogens is 374 g/mol. The highest BCUT2D eigenvalue weighted by atomic mass is 32.2. The van der Waals surface area contributed by atoms with Gasteiger partial charge in [-0.05, 0) is 37.8 Å². The lowest BCUT2D eigenvalue weighted by Gasteiger charge is -2.29. The first kappa shape index (κ1) is 21.3. The van der Waals surface area contributed by atoms with Crippen LogP contribution in [0.5, 0.6) is 0 Å². The van der Waals surface area contributed by atoms with E-state index in [0.29, 0.717) is 31.6 Å². The van der Waals surface area contributed by atoms with Crippen molar-refractivity contribution >= 4 is 15.7 Å². The Balaban J connectivity index is 1.46. The molecule has 3 unspecified atom stereocenters. The van der Waals surface area contributed by atoms with Crippen LogP contribution in [-0.4, -0.2) is 74.4 Å². The Kier molecular flexibility index (Phi) is 7.12. The Morgan fingerprint density at radius 2 is 2.04 bits per heavy atom. The minimum atomic E-state index is -2.89. The molecule has 3 rings (SSSR count). The van der Waals surface area contributed by atoms with Gasteiger partial charge in [-0.1, -0.05) is 37.3 Å². The smallest absolute Gasteiger partial charge is 0.234 e. The van der Waals surface area contributed by atoms with Crippen molar-refractivity contribution in [3.8, 4) is 0 Å². The minimum Gasteiger partial charge on any atom is -0.355 e. The quantitative estimate of drug-likeness (QED) is 0.710. The molecule has 1 amide bonds. The van der Waals surface area contributed by atoms with Gasteiger partial charge in [0.1, 0.15) is 0 Å². The summed E-state index contributed by atoms with van der Waals surface area (Å²) in [5.74, 6) is 0.532. The number of nitrogens with zero attached hydrogens (tertiary/aromatic N) is 2. The second kappa shape index (κ2) is 9.37. The summed E-state index contributed by atoms with van der Waals surface area (Å²) >= 11 is 0. The van der Waals surface area contributed by atoms with Crippen LogP contribution in [0, 0.1) is 5.92 Å². The predicted molar refractivity (Wildman–Crippen MR) is 112 cm³/mol. The van der Waals surface area contributed by atoms with Crippen molar-refractivity contribution < 1.29 is 13.2 Å². The number of benzene rings is 1. The van der Waals surface area contributed by atoms with Crippen molar-refractivity contribution in [2.24, 2.45) is 5.92 Å². The lowest BCUT2D eigenvalue weighted by Crippen LogP contribution is -2.45. The number of likely N-dealkylation sites (tertiary alicyclic amines) is 1. The molecule has 0 radical (unpaired) electrons. The lowest BCUT2D eigenvalue weighted by atomic mass is 10.1. The molecule has 7 heteroatoms. The number of hydrogen-bond donors (Lipinski definition) is 1. The fraction of sp³-hybridized carbons (Fsp3) is 0.667. The Bertz CT molecular complexity index is 753. The van der Waals surface area contributed by atoms with E-state index in [1.807, 2.05) is 6.07 Å². The normalized spacial score (nSPS) is 25.8. The topological polar surface area (TPSA) is 69.7 Å². The van der Waals surface area contributed by atoms with Gasteiger partial charge in [0, 0.05) is 31.7 Å². The molecule has 3 atom stereocenters. The number of carbonyl (C=O) groups is 1. The van der Waals surface area contributed by atoms with E-state index in [1.54, 1.807) is 0 Å². The van der Waals surface area contributed by atoms with Gasteiger partial charge in [0.05, 0.1) is 18.1 Å². The standard InChI is InChI=1S/C21H33N3O3S/c1-3-23(15-21(25)22-13-18-10-12-28(26,27)16-18)20-9-11-24(14-20)17(2)19-7-5-4-6-8-19/h4-8,17-18,20H,3,9-16H2,1-2H3,(H,22,25). The third-order valence-corrected chi connectivity index (χ3v) is 8.05. The van der Waals surface area contributed by atoms with E-state index in [-0.39, 0.29) is 23.3 Å². The van der Waals surface area contributed by atoms with Gasteiger partial charge in [0.2, 0.25) is 5.91 Å². The zero-order valence-corrected chi connectivity index (χ0v) is 17.8. The number of hydrogen-bond acceptors (Lipinski definition) is 5. The molecule has 2 fully saturated rings. The van der Waals surface area contributed by atoms with Gasteiger partial charge < -0.3 is 5.32 Å². The van der Waals surface area contributed by atoms with Crippen molar-refractivity contribution in [2.75, 3.05) is 44.2 Å². The molecule has 1 aromatic rings. The molecule has 1 N–H and O–H groups in total. The number of likely N-dealkylation sites (N-methyl/N-ethyl adjacent to an activating group) is 1. The van der Waals surface area contributed by atoms with Crippen LogP contribution in [0.25, 0.3) is 0 Å². The SMILES string of the molecule is CCN(CC(=O)NCC1CCS(=O)(=O)C1)C1CCN(C(C)c2ccccc2)C1. The molecule has 0 bridgehead atoms. The minimum absolute atomic E-state index is 0.000654. The number of carbonyl (C=O) groups excluding carboxylic acids is 1. The number of nitrogens with one attached hydrogen (secondary N) is 1. The average molecular weight is 408 g/mol. The van der Waals surface area contributed by atoms with E-state index in [2.05, 4.69) is 53.2 Å². The second-order valence-electron chi connectivity index (χ2n) is 8.16. The highest BCUT2D eigenvalue weighted by Crippen LogP contribution is 2.26. The summed E-state index contributed by atoms with van der Waals surface area (Å²) in [6.07, 6.45) is 1.73. The van der Waals surface area contributed by atoms with Gasteiger partial charge >= 0.3 is 0 Å². The molecule has 156 valence electrons. The van der Waals surface area contributed by atoms with Gasteiger partial charge in [-0.2, -0.15) is 0 Å². The van der Waals surface area contributed by atoms with Gasteiger partial charge in [0.25, 0.3) is 0 Å². The van der Waals surface area contributed by atoms with Crippen LogP contribution < -0.4 is 5.32 Å². The molecule has 28 heavy (non-hydrogen) atoms. The van der Waals surface area contributed by atoms with Gasteiger partial charge in [-0.3, -0.25) is 14.6 Å². The molecule has 6 nitrogen and oxygen atoms in total. The number of rotatable bonds is 8. The lowest BCUT2D eigenvalue weighted by molar-refractivity contribution is -0.122. The fourth-order valence-corrected chi connectivity index (χ4v) is 6.25. The van der Waals surface area contributed by atoms with E-state index in [0.717, 1.165) is 26.1 Å². The first-order valence-electron chi connectivity index (χ1n) is 10.4. The van der Waals surface area contributed by atoms with Crippen molar-refractivity contribution in [3.05, 3.63) is 35.9 Å². The van der Waals surface area contributed by atoms with Crippen molar-refractivity contribution in [2.45, 2.75) is 38.8 Å². The molecule has 0 spiro atoms. The number of sulfone groups is 1. The zero-order chi connectivity index (χ0) is 20.1. The molecule has 1 aromatic carbocycles. The molecule has 0 aliphatic carbocycles. The molecule has 2 saturated heterocycles. The second-order valence-corrected chi connectivity index (χ2v) is 10.4. The zero-order valence-electron chi connectivity index (χ0n) is 17.0. The number of amides is 1. The Hall–Kier alpha value is -1.44. The summed E-state index contributed by atoms with van der Waals surface area (Å²) in [6, 6.07) is 11.3. The van der Waals surface area contributed by atoms with Crippen LogP contribution in [0.3, 0.4) is 0 Å². The van der Waals surface area contributed by atoms with Crippen LogP contribution in [0.4, 0.5) is 0 Å². The third kappa shape index (κ3) is 5.55. The van der Waals surface area contributed by atoms with Crippen LogP contribution in [-0.2, 0) is 14.6 Å². The molecule has 2 aliphatic heterocycles. The summed E-state index contributed by atoms with van der Waals surface area (Å²) in [7, 11) is -2.89. The Morgan fingerprint density at radius 1 is 1.29 bits per heavy atom. The first-order chi connectivity index (χ1) is 13.4. The highest BCUT2D eigenvalue weighted by molar-refractivity contribution is 7.91. The van der Waals surface area contributed by atoms with Crippen LogP contribution in [0.2, 0.25) is 0 Å². The van der Waals surface area contributed by atoms with E-state index >= 15 is 0 Å². The van der Waals surface area contributed by atoms with Gasteiger partial charge in [0.15, 0.2) is 9.84 Å². The first-order valence-corrected chi connectivity index (χ1v) is 12.2. The van der Waals surface area contributed by atoms with E-state index < -0.39 is 9.84 Å². The summed E-state index contributed by atoms with van der Waals surface area (Å²) in [5, 5.41) is 2.95. The molecule has 0 saturated carbocycles. The molecule has 2 heterocycles. The predicted octanol–water partition coefficient (Wildman–Crippen LogP) is 1.69. The fourth-order valence-electron chi connectivity index (χ4n) is 4.39. The molecule has 2 aliphatic rings. The maximum absolute atomic E-state index is 12.4. The summed E-state index contributed by atoms with van der Waals surface area (Å²) in [6.45, 7) is 8.04. The van der Waals surface area contributed by atoms with Gasteiger partial charge in [-0.25, -0.2) is 8.42 Å². The monoisotopic (exact) mass is 407 g/mol. The van der Waals surface area contributed by atoms with Gasteiger partial charge in [-0.15, -0.1) is 0 Å². The Morgan fingerprint density at radius 3 is 2.68 bits per heavy atom. The molecular formula is C21H33N3O3S. The maximum Gasteiger partial charge on any atom is 0.234 e. The van der Waals surface area contributed by atoms with Crippen molar-refractivity contribution in [1.29, 1.82) is 0 Å². The third-order valence-electron chi connectivity index (χ3n) is 6.21. The maximum atomic E-state index is 12.4. The van der Waals surface area contributed by atoms with E-state index in [4.69, 9.17) is 0 Å². The van der Waals surface area contributed by atoms with Crippen LogP contribution in [0.1, 0.15) is 38.3 Å². The average Bonchev–Trinajstić information content (AvgIpc) is 3.31. The summed E-state index contributed by atoms with van der Waals surface area (Å²) in [5.41, 5.74) is 1.33. The summed E-state index contributed by atoms with van der Waals surface area (Å²) < 4.78 is 23.1. The van der Waals surface area contributed by atoms with Crippen molar-refractivity contribution in [3.63, 3.8) is 0 Å².